The molecule has 0 aliphatic carbocycles. The Labute approximate surface area is 166 Å². The molecular weight excluding hydrogens is 350 g/mol. The van der Waals surface area contributed by atoms with E-state index in [1.54, 1.807) is 7.11 Å². The average Bonchev–Trinajstić information content (AvgIpc) is 3.39. The molecule has 3 aromatic rings. The lowest BCUT2D eigenvalue weighted by Gasteiger charge is -2.20. The number of hydrogen-bond donors (Lipinski definition) is 0. The number of rotatable bonds is 7. The van der Waals surface area contributed by atoms with Gasteiger partial charge in [0, 0.05) is 37.0 Å². The van der Waals surface area contributed by atoms with Gasteiger partial charge in [0.25, 0.3) is 0 Å². The van der Waals surface area contributed by atoms with Crippen LogP contribution in [-0.2, 0) is 11.3 Å². The third-order valence-corrected chi connectivity index (χ3v) is 5.13. The quantitative estimate of drug-likeness (QED) is 0.620. The van der Waals surface area contributed by atoms with Gasteiger partial charge in [-0.05, 0) is 44.2 Å². The lowest BCUT2D eigenvalue weighted by atomic mass is 10.1. The molecule has 1 saturated heterocycles. The molecule has 0 N–H and O–H groups in total. The van der Waals surface area contributed by atoms with E-state index in [0.29, 0.717) is 6.10 Å². The fraction of sp³-hybridized carbons (Fsp3) is 0.348. The Bertz CT molecular complexity index is 901. The molecule has 0 radical (unpaired) electrons. The summed E-state index contributed by atoms with van der Waals surface area (Å²) in [6.07, 6.45) is 4.79. The molecular formula is C23H27N3O2. The van der Waals surface area contributed by atoms with E-state index in [1.165, 1.54) is 12.0 Å². The van der Waals surface area contributed by atoms with E-state index >= 15 is 0 Å². The Kier molecular flexibility index (Phi) is 5.74. The van der Waals surface area contributed by atoms with Crippen molar-refractivity contribution >= 4 is 0 Å². The zero-order chi connectivity index (χ0) is 19.3. The summed E-state index contributed by atoms with van der Waals surface area (Å²) < 4.78 is 13.2. The number of nitrogens with zero attached hydrogens (tertiary/aromatic N) is 3. The summed E-state index contributed by atoms with van der Waals surface area (Å²) in [7, 11) is 3.84. The van der Waals surface area contributed by atoms with E-state index in [4.69, 9.17) is 14.6 Å². The van der Waals surface area contributed by atoms with Crippen LogP contribution in [0.3, 0.4) is 0 Å². The first-order valence-corrected chi connectivity index (χ1v) is 9.81. The van der Waals surface area contributed by atoms with Crippen molar-refractivity contribution in [3.05, 3.63) is 66.4 Å². The van der Waals surface area contributed by atoms with E-state index in [0.717, 1.165) is 48.8 Å². The number of benzene rings is 2. The zero-order valence-electron chi connectivity index (χ0n) is 16.5. The highest BCUT2D eigenvalue weighted by Crippen LogP contribution is 2.28. The number of aromatic nitrogens is 2. The van der Waals surface area contributed by atoms with Crippen molar-refractivity contribution in [2.24, 2.45) is 0 Å². The molecule has 0 saturated carbocycles. The van der Waals surface area contributed by atoms with Crippen molar-refractivity contribution in [2.45, 2.75) is 25.5 Å². The van der Waals surface area contributed by atoms with Gasteiger partial charge in [-0.3, -0.25) is 4.90 Å². The van der Waals surface area contributed by atoms with Gasteiger partial charge in [-0.25, -0.2) is 4.68 Å². The maximum Gasteiger partial charge on any atom is 0.119 e. The molecule has 28 heavy (non-hydrogen) atoms. The van der Waals surface area contributed by atoms with Gasteiger partial charge < -0.3 is 9.47 Å². The molecule has 0 bridgehead atoms. The Balaban J connectivity index is 1.65. The van der Waals surface area contributed by atoms with Crippen LogP contribution in [0.15, 0.2) is 60.8 Å². The maximum atomic E-state index is 5.80. The molecule has 2 heterocycles. The average molecular weight is 377 g/mol. The van der Waals surface area contributed by atoms with Gasteiger partial charge in [-0.1, -0.05) is 30.3 Å². The smallest absolute Gasteiger partial charge is 0.119 e. The molecule has 1 fully saturated rings. The van der Waals surface area contributed by atoms with Gasteiger partial charge in [-0.2, -0.15) is 5.10 Å². The number of hydrogen-bond acceptors (Lipinski definition) is 4. The largest absolute Gasteiger partial charge is 0.497 e. The molecule has 1 aromatic heterocycles. The van der Waals surface area contributed by atoms with Crippen LogP contribution in [-0.4, -0.2) is 48.1 Å². The molecule has 0 spiro atoms. The molecule has 0 unspecified atom stereocenters. The maximum absolute atomic E-state index is 5.80. The van der Waals surface area contributed by atoms with Gasteiger partial charge in [0.05, 0.1) is 24.6 Å². The highest BCUT2D eigenvalue weighted by atomic mass is 16.5. The summed E-state index contributed by atoms with van der Waals surface area (Å²) in [5, 5.41) is 4.91. The first-order valence-electron chi connectivity index (χ1n) is 9.81. The first kappa shape index (κ1) is 18.7. The van der Waals surface area contributed by atoms with Crippen LogP contribution in [0.5, 0.6) is 5.75 Å². The summed E-state index contributed by atoms with van der Waals surface area (Å²) >= 11 is 0. The summed E-state index contributed by atoms with van der Waals surface area (Å²) in [6.45, 7) is 2.65. The minimum Gasteiger partial charge on any atom is -0.497 e. The van der Waals surface area contributed by atoms with Crippen LogP contribution < -0.4 is 4.74 Å². The highest BCUT2D eigenvalue weighted by molar-refractivity contribution is 5.65. The third-order valence-electron chi connectivity index (χ3n) is 5.13. The van der Waals surface area contributed by atoms with E-state index in [-0.39, 0.29) is 0 Å². The highest BCUT2D eigenvalue weighted by Gasteiger charge is 2.20. The van der Waals surface area contributed by atoms with E-state index < -0.39 is 0 Å². The molecule has 146 valence electrons. The fourth-order valence-corrected chi connectivity index (χ4v) is 3.74. The topological polar surface area (TPSA) is 39.5 Å². The summed E-state index contributed by atoms with van der Waals surface area (Å²) in [4.78, 5) is 2.33. The number of para-hydroxylation sites is 1. The summed E-state index contributed by atoms with van der Waals surface area (Å²) in [5.74, 6) is 0.838. The van der Waals surface area contributed by atoms with Crippen molar-refractivity contribution in [3.8, 4) is 22.7 Å². The van der Waals surface area contributed by atoms with Crippen LogP contribution in [0.2, 0.25) is 0 Å². The number of methoxy groups -OCH3 is 1. The van der Waals surface area contributed by atoms with Crippen LogP contribution in [0.25, 0.3) is 16.9 Å². The van der Waals surface area contributed by atoms with Crippen LogP contribution >= 0.6 is 0 Å². The minimum atomic E-state index is 0.342. The second-order valence-corrected chi connectivity index (χ2v) is 7.35. The number of likely N-dealkylation sites (N-methyl/N-ethyl adjacent to an activating group) is 1. The van der Waals surface area contributed by atoms with Crippen LogP contribution in [0.4, 0.5) is 0 Å². The third kappa shape index (κ3) is 4.26. The zero-order valence-corrected chi connectivity index (χ0v) is 16.5. The normalized spacial score (nSPS) is 16.6. The Morgan fingerprint density at radius 2 is 2.04 bits per heavy atom. The second-order valence-electron chi connectivity index (χ2n) is 7.35. The Hall–Kier alpha value is -2.63. The minimum absolute atomic E-state index is 0.342. The van der Waals surface area contributed by atoms with Crippen molar-refractivity contribution in [1.29, 1.82) is 0 Å². The van der Waals surface area contributed by atoms with Crippen molar-refractivity contribution in [3.63, 3.8) is 0 Å². The standard InChI is InChI=1S/C23H27N3O2/c1-25(17-22-12-7-13-28-22)15-19-16-26(20-9-4-3-5-10-20)24-23(19)18-8-6-11-21(14-18)27-2/h3-6,8-11,14,16,22H,7,12-13,15,17H2,1-2H3/t22-/m0/s1. The van der Waals surface area contributed by atoms with Crippen molar-refractivity contribution in [1.82, 2.24) is 14.7 Å². The predicted molar refractivity (Wildman–Crippen MR) is 111 cm³/mol. The Morgan fingerprint density at radius 3 is 2.79 bits per heavy atom. The van der Waals surface area contributed by atoms with Gasteiger partial charge in [-0.15, -0.1) is 0 Å². The van der Waals surface area contributed by atoms with E-state index in [1.807, 2.05) is 41.1 Å². The molecule has 0 amide bonds. The molecule has 1 aliphatic rings. The Morgan fingerprint density at radius 1 is 1.18 bits per heavy atom. The predicted octanol–water partition coefficient (Wildman–Crippen LogP) is 4.16. The van der Waals surface area contributed by atoms with Crippen molar-refractivity contribution < 1.29 is 9.47 Å². The van der Waals surface area contributed by atoms with Gasteiger partial charge >= 0.3 is 0 Å². The molecule has 1 aliphatic heterocycles. The van der Waals surface area contributed by atoms with Gasteiger partial charge in [0.1, 0.15) is 5.75 Å². The van der Waals surface area contributed by atoms with E-state index in [2.05, 4.69) is 36.3 Å². The van der Waals surface area contributed by atoms with Crippen LogP contribution in [0.1, 0.15) is 18.4 Å². The molecule has 1 atom stereocenters. The molecule has 4 rings (SSSR count). The molecule has 2 aromatic carbocycles. The lowest BCUT2D eigenvalue weighted by Crippen LogP contribution is -2.28. The molecule has 5 heteroatoms. The van der Waals surface area contributed by atoms with Crippen molar-refractivity contribution in [2.75, 3.05) is 27.3 Å². The summed E-state index contributed by atoms with van der Waals surface area (Å²) in [6, 6.07) is 18.3. The monoisotopic (exact) mass is 377 g/mol. The lowest BCUT2D eigenvalue weighted by molar-refractivity contribution is 0.0793. The molecule has 5 nitrogen and oxygen atoms in total. The summed E-state index contributed by atoms with van der Waals surface area (Å²) in [5.41, 5.74) is 4.30. The van der Waals surface area contributed by atoms with E-state index in [9.17, 15) is 0 Å². The second kappa shape index (κ2) is 8.59. The first-order chi connectivity index (χ1) is 13.7. The number of ether oxygens (including phenoxy) is 2. The van der Waals surface area contributed by atoms with Gasteiger partial charge in [0.2, 0.25) is 0 Å². The fourth-order valence-electron chi connectivity index (χ4n) is 3.74. The van der Waals surface area contributed by atoms with Gasteiger partial charge in [0.15, 0.2) is 0 Å². The SMILES string of the molecule is COc1cccc(-c2nn(-c3ccccc3)cc2CN(C)C[C@@H]2CCCO2)c1. The van der Waals surface area contributed by atoms with Crippen LogP contribution in [0, 0.1) is 0 Å².